The lowest BCUT2D eigenvalue weighted by Gasteiger charge is -2.38. The average molecular weight is 624 g/mol. The van der Waals surface area contributed by atoms with Gasteiger partial charge in [-0.25, -0.2) is 0 Å². The second-order valence-corrected chi connectivity index (χ2v) is 17.9. The van der Waals surface area contributed by atoms with Crippen LogP contribution in [0.25, 0.3) is 60.0 Å². The van der Waals surface area contributed by atoms with E-state index in [1.54, 1.807) is 11.1 Å². The molecule has 236 valence electrons. The zero-order chi connectivity index (χ0) is 31.3. The molecule has 3 nitrogen and oxygen atoms in total. The van der Waals surface area contributed by atoms with Crippen LogP contribution < -0.4 is 0 Å². The van der Waals surface area contributed by atoms with Crippen LogP contribution in [0.15, 0.2) is 54.9 Å². The molecule has 0 radical (unpaired) electrons. The van der Waals surface area contributed by atoms with Crippen LogP contribution in [0.5, 0.6) is 0 Å². The van der Waals surface area contributed by atoms with Crippen molar-refractivity contribution in [2.45, 2.75) is 102 Å². The Morgan fingerprint density at radius 1 is 0.729 bits per heavy atom. The molecule has 3 fully saturated rings. The van der Waals surface area contributed by atoms with E-state index in [0.29, 0.717) is 17.3 Å². The third-order valence-corrected chi connectivity index (χ3v) is 15.1. The molecule has 14 rings (SSSR count). The number of nitrogens with zero attached hydrogens (tertiary/aromatic N) is 3. The summed E-state index contributed by atoms with van der Waals surface area (Å²) < 4.78 is 2.65. The van der Waals surface area contributed by atoms with E-state index < -0.39 is 0 Å². The first-order chi connectivity index (χ1) is 23.5. The first-order valence-electron chi connectivity index (χ1n) is 19.1. The second-order valence-electron chi connectivity index (χ2n) is 17.9. The van der Waals surface area contributed by atoms with E-state index in [4.69, 9.17) is 9.97 Å². The van der Waals surface area contributed by atoms with Gasteiger partial charge in [-0.1, -0.05) is 63.1 Å². The van der Waals surface area contributed by atoms with Gasteiger partial charge in [-0.3, -0.25) is 9.97 Å². The molecule has 4 bridgehead atoms. The summed E-state index contributed by atoms with van der Waals surface area (Å²) in [5.74, 6) is 3.00. The van der Waals surface area contributed by atoms with Gasteiger partial charge in [-0.2, -0.15) is 0 Å². The van der Waals surface area contributed by atoms with Gasteiger partial charge in [0.1, 0.15) is 0 Å². The summed E-state index contributed by atoms with van der Waals surface area (Å²) in [6.07, 6.45) is 19.3. The number of pyridine rings is 2. The van der Waals surface area contributed by atoms with Crippen LogP contribution in [0, 0.1) is 17.3 Å². The van der Waals surface area contributed by atoms with Crippen LogP contribution >= 0.6 is 0 Å². The van der Waals surface area contributed by atoms with Gasteiger partial charge in [0.25, 0.3) is 0 Å². The molecule has 7 aliphatic rings. The summed E-state index contributed by atoms with van der Waals surface area (Å²) in [4.78, 5) is 10.8. The molecule has 7 aliphatic carbocycles. The first-order valence-corrected chi connectivity index (χ1v) is 19.1. The van der Waals surface area contributed by atoms with Crippen LogP contribution in [-0.2, 0) is 18.3 Å². The highest BCUT2D eigenvalue weighted by Crippen LogP contribution is 2.61. The van der Waals surface area contributed by atoms with Crippen molar-refractivity contribution >= 4 is 48.9 Å². The predicted molar refractivity (Wildman–Crippen MR) is 196 cm³/mol. The Labute approximate surface area is 281 Å². The third-order valence-electron chi connectivity index (χ3n) is 15.1. The van der Waals surface area contributed by atoms with Crippen molar-refractivity contribution in [3.8, 4) is 11.1 Å². The molecule has 7 aromatic rings. The molecule has 1 spiro atoms. The maximum absolute atomic E-state index is 5.51. The lowest BCUT2D eigenvalue weighted by molar-refractivity contribution is 0.165. The van der Waals surface area contributed by atoms with E-state index in [1.807, 2.05) is 0 Å². The SMILES string of the molecule is CC1(C)c2cc3c4c5c(ncc4n4c6cnc7c(c6c(c2-c2cccc6cccc1c26)c34)C1CC2CC(CC7C2)C1)CC1(CCCC1)C5. The lowest BCUT2D eigenvalue weighted by atomic mass is 9.66. The number of hydrogen-bond donors (Lipinski definition) is 0. The van der Waals surface area contributed by atoms with Gasteiger partial charge in [0, 0.05) is 44.3 Å². The highest BCUT2D eigenvalue weighted by Gasteiger charge is 2.46. The minimum atomic E-state index is -0.116. The fourth-order valence-electron chi connectivity index (χ4n) is 13.4. The molecule has 3 heteroatoms. The zero-order valence-electron chi connectivity index (χ0n) is 28.1. The van der Waals surface area contributed by atoms with Crippen molar-refractivity contribution in [1.82, 2.24) is 14.4 Å². The van der Waals surface area contributed by atoms with Gasteiger partial charge in [-0.15, -0.1) is 0 Å². The quantitative estimate of drug-likeness (QED) is 0.168. The Hall–Kier alpha value is -3.98. The Morgan fingerprint density at radius 2 is 1.48 bits per heavy atom. The van der Waals surface area contributed by atoms with Gasteiger partial charge >= 0.3 is 0 Å². The van der Waals surface area contributed by atoms with Crippen LogP contribution in [0.4, 0.5) is 0 Å². The molecule has 4 aromatic heterocycles. The summed E-state index contributed by atoms with van der Waals surface area (Å²) in [6.45, 7) is 4.99. The molecule has 0 amide bonds. The number of hydrogen-bond acceptors (Lipinski definition) is 2. The smallest absolute Gasteiger partial charge is 0.0728 e. The van der Waals surface area contributed by atoms with Crippen molar-refractivity contribution in [3.05, 3.63) is 88.5 Å². The molecule has 48 heavy (non-hydrogen) atoms. The van der Waals surface area contributed by atoms with Crippen LogP contribution in [0.3, 0.4) is 0 Å². The molecule has 2 unspecified atom stereocenters. The fourth-order valence-corrected chi connectivity index (χ4v) is 13.4. The first kappa shape index (κ1) is 26.0. The van der Waals surface area contributed by atoms with Crippen molar-refractivity contribution in [2.75, 3.05) is 0 Å². The third kappa shape index (κ3) is 2.87. The monoisotopic (exact) mass is 623 g/mol. The normalized spacial score (nSPS) is 27.2. The molecule has 0 N–H and O–H groups in total. The van der Waals surface area contributed by atoms with Crippen LogP contribution in [0.1, 0.15) is 117 Å². The molecular formula is C45H41N3. The van der Waals surface area contributed by atoms with E-state index in [2.05, 4.69) is 73.1 Å². The molecule has 2 atom stereocenters. The number of fused-ring (bicyclic) bond motifs is 11. The lowest BCUT2D eigenvalue weighted by Crippen LogP contribution is -2.25. The number of aromatic nitrogens is 3. The van der Waals surface area contributed by atoms with Crippen molar-refractivity contribution in [1.29, 1.82) is 0 Å². The highest BCUT2D eigenvalue weighted by atomic mass is 14.9. The van der Waals surface area contributed by atoms with Crippen LogP contribution in [-0.4, -0.2) is 14.4 Å². The molecule has 4 heterocycles. The maximum atomic E-state index is 5.51. The maximum Gasteiger partial charge on any atom is 0.0728 e. The van der Waals surface area contributed by atoms with Crippen molar-refractivity contribution in [3.63, 3.8) is 0 Å². The summed E-state index contributed by atoms with van der Waals surface area (Å²) in [5.41, 5.74) is 16.3. The van der Waals surface area contributed by atoms with Gasteiger partial charge in [-0.05, 0) is 131 Å². The summed E-state index contributed by atoms with van der Waals surface area (Å²) in [5, 5.41) is 8.84. The standard InChI is InChI=1S/C45H41N3/c1-44(2)31-10-6-8-25-7-5-9-28(36(25)31)39-32(44)18-29-38-30-19-45(11-3-4-12-45)20-33(30)46-21-34(38)48-35-22-47-42-27-16-23-13-24(17-27)15-26(14-23)37(42)40(35)41(39)43(29)48/h5-10,18,21-24,26-27H,3-4,11-17,19-20H2,1-2H3. The molecule has 3 saturated carbocycles. The second kappa shape index (κ2) is 8.24. The number of rotatable bonds is 0. The summed E-state index contributed by atoms with van der Waals surface area (Å²) in [7, 11) is 0. The highest BCUT2D eigenvalue weighted by molar-refractivity contribution is 6.30. The van der Waals surface area contributed by atoms with Gasteiger partial charge < -0.3 is 4.40 Å². The zero-order valence-corrected chi connectivity index (χ0v) is 28.1. The van der Waals surface area contributed by atoms with E-state index in [0.717, 1.165) is 11.8 Å². The largest absolute Gasteiger partial charge is 0.305 e. The van der Waals surface area contributed by atoms with Gasteiger partial charge in [0.2, 0.25) is 0 Å². The molecule has 3 aromatic carbocycles. The molecular weight excluding hydrogens is 583 g/mol. The minimum Gasteiger partial charge on any atom is -0.305 e. The Bertz CT molecular complexity index is 2590. The fraction of sp³-hybridized carbons (Fsp3) is 0.422. The Balaban J connectivity index is 1.26. The van der Waals surface area contributed by atoms with Crippen molar-refractivity contribution in [2.24, 2.45) is 17.3 Å². The Morgan fingerprint density at radius 3 is 2.31 bits per heavy atom. The minimum absolute atomic E-state index is 0.116. The number of benzene rings is 3. The van der Waals surface area contributed by atoms with Gasteiger partial charge in [0.15, 0.2) is 0 Å². The predicted octanol–water partition coefficient (Wildman–Crippen LogP) is 11.1. The molecule has 0 aliphatic heterocycles. The average Bonchev–Trinajstić information content (AvgIpc) is 3.84. The Kier molecular flexibility index (Phi) is 4.46. The summed E-state index contributed by atoms with van der Waals surface area (Å²) >= 11 is 0. The van der Waals surface area contributed by atoms with E-state index in [1.165, 1.54) is 153 Å². The topological polar surface area (TPSA) is 30.2 Å². The van der Waals surface area contributed by atoms with Gasteiger partial charge in [0.05, 0.1) is 28.9 Å². The van der Waals surface area contributed by atoms with Crippen molar-refractivity contribution < 1.29 is 0 Å². The molecule has 0 saturated heterocycles. The summed E-state index contributed by atoms with van der Waals surface area (Å²) in [6, 6.07) is 16.7. The van der Waals surface area contributed by atoms with E-state index in [9.17, 15) is 0 Å². The van der Waals surface area contributed by atoms with Crippen LogP contribution in [0.2, 0.25) is 0 Å². The van der Waals surface area contributed by atoms with E-state index >= 15 is 0 Å². The van der Waals surface area contributed by atoms with E-state index in [-0.39, 0.29) is 5.41 Å².